The quantitative estimate of drug-likeness (QED) is 0.553. The van der Waals surface area contributed by atoms with Crippen LogP contribution in [0.5, 0.6) is 11.5 Å². The largest absolute Gasteiger partial charge is 0.465 e. The monoisotopic (exact) mass is 448 g/mol. The molecule has 1 unspecified atom stereocenters. The lowest BCUT2D eigenvalue weighted by Gasteiger charge is -2.23. The molecule has 1 aliphatic heterocycles. The van der Waals surface area contributed by atoms with Gasteiger partial charge in [-0.05, 0) is 49.9 Å². The van der Waals surface area contributed by atoms with Gasteiger partial charge in [0.1, 0.15) is 12.2 Å². The highest BCUT2D eigenvalue weighted by molar-refractivity contribution is 6.03. The van der Waals surface area contributed by atoms with Crippen LogP contribution in [0.25, 0.3) is 10.9 Å². The number of carbonyl (C=O) groups is 2. The van der Waals surface area contributed by atoms with E-state index in [2.05, 4.69) is 10.4 Å². The maximum atomic E-state index is 12.3. The number of esters is 1. The number of aromatic nitrogens is 2. The Morgan fingerprint density at radius 3 is 2.88 bits per heavy atom. The van der Waals surface area contributed by atoms with Gasteiger partial charge < -0.3 is 19.5 Å². The number of nitrogens with one attached hydrogen (secondary N) is 1. The Kier molecular flexibility index (Phi) is 6.56. The Hall–Kier alpha value is -3.90. The van der Waals surface area contributed by atoms with Gasteiger partial charge in [-0.25, -0.2) is 9.48 Å². The number of aryl methyl sites for hydroxylation is 1. The molecule has 3 aromatic rings. The van der Waals surface area contributed by atoms with Crippen molar-refractivity contribution in [2.45, 2.75) is 38.8 Å². The van der Waals surface area contributed by atoms with E-state index in [-0.39, 0.29) is 29.6 Å². The third-order valence-electron chi connectivity index (χ3n) is 5.50. The Balaban J connectivity index is 1.77. The van der Waals surface area contributed by atoms with E-state index >= 15 is 0 Å². The molecule has 33 heavy (non-hydrogen) atoms. The zero-order chi connectivity index (χ0) is 23.4. The fraction of sp³-hybridized carbons (Fsp3) is 0.333. The molecule has 0 bridgehead atoms. The fourth-order valence-corrected chi connectivity index (χ4v) is 3.88. The second-order valence-electron chi connectivity index (χ2n) is 7.71. The summed E-state index contributed by atoms with van der Waals surface area (Å²) in [6, 6.07) is 10.5. The van der Waals surface area contributed by atoms with Crippen LogP contribution in [0.1, 0.15) is 47.8 Å². The number of ether oxygens (including phenoxy) is 3. The van der Waals surface area contributed by atoms with Crippen LogP contribution in [0.2, 0.25) is 0 Å². The number of anilines is 1. The molecule has 0 saturated carbocycles. The molecule has 0 aliphatic carbocycles. The highest BCUT2D eigenvalue weighted by atomic mass is 16.5. The van der Waals surface area contributed by atoms with E-state index in [1.54, 1.807) is 24.4 Å². The van der Waals surface area contributed by atoms with E-state index in [0.717, 1.165) is 35.7 Å². The summed E-state index contributed by atoms with van der Waals surface area (Å²) >= 11 is 0. The first kappa shape index (κ1) is 22.3. The summed E-state index contributed by atoms with van der Waals surface area (Å²) in [6.45, 7) is 2.61. The van der Waals surface area contributed by atoms with Gasteiger partial charge in [-0.2, -0.15) is 10.4 Å². The Labute approximate surface area is 190 Å². The topological polar surface area (TPSA) is 115 Å². The number of methoxy groups -OCH3 is 1. The van der Waals surface area contributed by atoms with Crippen molar-refractivity contribution in [1.29, 1.82) is 5.26 Å². The summed E-state index contributed by atoms with van der Waals surface area (Å²) in [5, 5.41) is 16.8. The summed E-state index contributed by atoms with van der Waals surface area (Å²) in [7, 11) is 1.25. The molecule has 4 rings (SSSR count). The van der Waals surface area contributed by atoms with Gasteiger partial charge in [-0.15, -0.1) is 0 Å². The normalized spacial score (nSPS) is 15.6. The van der Waals surface area contributed by atoms with Crippen molar-refractivity contribution in [1.82, 2.24) is 9.78 Å². The summed E-state index contributed by atoms with van der Waals surface area (Å²) in [5.74, 6) is -0.394. The first-order chi connectivity index (χ1) is 16.0. The molecular formula is C24H24N4O5. The van der Waals surface area contributed by atoms with Gasteiger partial charge >= 0.3 is 5.97 Å². The third kappa shape index (κ3) is 4.52. The molecule has 1 amide bonds. The van der Waals surface area contributed by atoms with E-state index in [4.69, 9.17) is 19.5 Å². The van der Waals surface area contributed by atoms with Crippen LogP contribution in [0.15, 0.2) is 36.5 Å². The summed E-state index contributed by atoms with van der Waals surface area (Å²) < 4.78 is 18.9. The number of nitriles is 1. The number of amides is 1. The van der Waals surface area contributed by atoms with Crippen molar-refractivity contribution < 1.29 is 23.8 Å². The average Bonchev–Trinajstić information content (AvgIpc) is 3.26. The molecule has 1 fully saturated rings. The molecule has 2 aromatic carbocycles. The van der Waals surface area contributed by atoms with Crippen molar-refractivity contribution in [2.75, 3.05) is 19.0 Å². The number of hydrogen-bond donors (Lipinski definition) is 1. The second-order valence-corrected chi connectivity index (χ2v) is 7.71. The number of nitrogens with zero attached hydrogens (tertiary/aromatic N) is 3. The predicted molar refractivity (Wildman–Crippen MR) is 120 cm³/mol. The molecule has 1 atom stereocenters. The molecule has 2 heterocycles. The van der Waals surface area contributed by atoms with Gasteiger partial charge in [0.15, 0.2) is 12.0 Å². The number of carbonyl (C=O) groups excluding carboxylic acids is 2. The maximum absolute atomic E-state index is 12.3. The minimum Gasteiger partial charge on any atom is -0.465 e. The van der Waals surface area contributed by atoms with Gasteiger partial charge in [0.25, 0.3) is 0 Å². The molecule has 1 aliphatic rings. The zero-order valence-electron chi connectivity index (χ0n) is 18.5. The lowest BCUT2D eigenvalue weighted by atomic mass is 10.1. The van der Waals surface area contributed by atoms with Crippen LogP contribution < -0.4 is 10.1 Å². The van der Waals surface area contributed by atoms with Crippen molar-refractivity contribution in [2.24, 2.45) is 0 Å². The molecule has 1 saturated heterocycles. The summed E-state index contributed by atoms with van der Waals surface area (Å²) in [6.07, 6.45) is 4.24. The SMILES string of the molecule is COC(=O)c1cccc(Oc2c(C)ccc3c2cnn3C2CCCCO2)c1NC(=O)CC#N. The first-order valence-corrected chi connectivity index (χ1v) is 10.7. The average molecular weight is 448 g/mol. The van der Waals surface area contributed by atoms with Crippen LogP contribution in [0, 0.1) is 18.3 Å². The summed E-state index contributed by atoms with van der Waals surface area (Å²) in [5.41, 5.74) is 1.98. The molecule has 0 radical (unpaired) electrons. The lowest BCUT2D eigenvalue weighted by Crippen LogP contribution is -2.18. The van der Waals surface area contributed by atoms with Crippen LogP contribution in [-0.2, 0) is 14.3 Å². The van der Waals surface area contributed by atoms with Gasteiger partial charge in [-0.3, -0.25) is 4.79 Å². The second kappa shape index (κ2) is 9.71. The van der Waals surface area contributed by atoms with Crippen molar-refractivity contribution in [3.8, 4) is 17.6 Å². The van der Waals surface area contributed by atoms with Crippen LogP contribution in [-0.4, -0.2) is 35.4 Å². The van der Waals surface area contributed by atoms with Gasteiger partial charge in [0.05, 0.1) is 41.5 Å². The van der Waals surface area contributed by atoms with Crippen LogP contribution in [0.3, 0.4) is 0 Å². The van der Waals surface area contributed by atoms with Gasteiger partial charge in [0, 0.05) is 6.61 Å². The van der Waals surface area contributed by atoms with Gasteiger partial charge in [-0.1, -0.05) is 12.1 Å². The van der Waals surface area contributed by atoms with Crippen molar-refractivity contribution in [3.05, 3.63) is 47.7 Å². The number of fused-ring (bicyclic) bond motifs is 1. The van der Waals surface area contributed by atoms with E-state index < -0.39 is 11.9 Å². The number of rotatable bonds is 6. The first-order valence-electron chi connectivity index (χ1n) is 10.7. The van der Waals surface area contributed by atoms with E-state index in [1.807, 2.05) is 23.7 Å². The molecule has 9 heteroatoms. The van der Waals surface area contributed by atoms with Crippen molar-refractivity contribution in [3.63, 3.8) is 0 Å². The standard InChI is InChI=1S/C24H24N4O5/c1-15-9-10-18-17(14-26-28(18)21-8-3-4-13-32-21)23(15)33-19-7-5-6-16(24(30)31-2)22(19)27-20(29)11-12-25/h5-7,9-10,14,21H,3-4,8,11,13H2,1-2H3,(H,27,29). The fourth-order valence-electron chi connectivity index (χ4n) is 3.88. The smallest absolute Gasteiger partial charge is 0.340 e. The maximum Gasteiger partial charge on any atom is 0.340 e. The van der Waals surface area contributed by atoms with Crippen LogP contribution >= 0.6 is 0 Å². The third-order valence-corrected chi connectivity index (χ3v) is 5.50. The molecule has 1 N–H and O–H groups in total. The molecular weight excluding hydrogens is 424 g/mol. The minimum atomic E-state index is -0.634. The highest BCUT2D eigenvalue weighted by Gasteiger charge is 2.23. The Morgan fingerprint density at radius 2 is 2.15 bits per heavy atom. The Bertz CT molecular complexity index is 1240. The van der Waals surface area contributed by atoms with Gasteiger partial charge in [0.2, 0.25) is 5.91 Å². The lowest BCUT2D eigenvalue weighted by molar-refractivity contribution is -0.115. The molecule has 1 aromatic heterocycles. The van der Waals surface area contributed by atoms with E-state index in [9.17, 15) is 9.59 Å². The number of hydrogen-bond acceptors (Lipinski definition) is 7. The predicted octanol–water partition coefficient (Wildman–Crippen LogP) is 4.47. The number of benzene rings is 2. The Morgan fingerprint density at radius 1 is 1.30 bits per heavy atom. The van der Waals surface area contributed by atoms with Crippen LogP contribution in [0.4, 0.5) is 5.69 Å². The zero-order valence-corrected chi connectivity index (χ0v) is 18.5. The van der Waals surface area contributed by atoms with E-state index in [1.165, 1.54) is 13.2 Å². The molecule has 9 nitrogen and oxygen atoms in total. The molecule has 170 valence electrons. The molecule has 0 spiro atoms. The summed E-state index contributed by atoms with van der Waals surface area (Å²) in [4.78, 5) is 24.5. The van der Waals surface area contributed by atoms with E-state index in [0.29, 0.717) is 12.4 Å². The van der Waals surface area contributed by atoms with Crippen molar-refractivity contribution >= 4 is 28.5 Å². The number of para-hydroxylation sites is 1. The minimum absolute atomic E-state index is 0.123. The highest BCUT2D eigenvalue weighted by Crippen LogP contribution is 2.39.